The lowest BCUT2D eigenvalue weighted by Crippen LogP contribution is -1.69. The average molecular weight is 155 g/mol. The van der Waals surface area contributed by atoms with Gasteiger partial charge in [0.1, 0.15) is 5.82 Å². The molecule has 0 unspecified atom stereocenters. The van der Waals surface area contributed by atoms with Crippen LogP contribution < -0.4 is 0 Å². The molecule has 1 aromatic heterocycles. The van der Waals surface area contributed by atoms with Gasteiger partial charge < -0.3 is 0 Å². The maximum atomic E-state index is 7.99. The smallest absolute Gasteiger partial charge is 0.128 e. The van der Waals surface area contributed by atoms with E-state index in [2.05, 4.69) is 15.0 Å². The number of pyridine rings is 1. The molecule has 0 amide bonds. The Kier molecular flexibility index (Phi) is 2.10. The SMILES string of the molecule is [N-]=[N+]=Nc1cc(Cl)ccn1. The zero-order chi connectivity index (χ0) is 7.40. The van der Waals surface area contributed by atoms with E-state index in [1.165, 1.54) is 12.3 Å². The third kappa shape index (κ3) is 1.62. The molecular formula is C5H3ClN4. The Morgan fingerprint density at radius 1 is 1.70 bits per heavy atom. The van der Waals surface area contributed by atoms with Crippen molar-refractivity contribution in [3.8, 4) is 0 Å². The van der Waals surface area contributed by atoms with E-state index in [4.69, 9.17) is 17.1 Å². The molecule has 0 N–H and O–H groups in total. The van der Waals surface area contributed by atoms with Crippen molar-refractivity contribution in [3.63, 3.8) is 0 Å². The first-order valence-corrected chi connectivity index (χ1v) is 2.87. The van der Waals surface area contributed by atoms with Gasteiger partial charge >= 0.3 is 0 Å². The first-order chi connectivity index (χ1) is 4.83. The van der Waals surface area contributed by atoms with Crippen molar-refractivity contribution in [2.75, 3.05) is 0 Å². The monoisotopic (exact) mass is 154 g/mol. The fourth-order valence-electron chi connectivity index (χ4n) is 0.494. The van der Waals surface area contributed by atoms with Gasteiger partial charge in [0.25, 0.3) is 0 Å². The van der Waals surface area contributed by atoms with Crippen LogP contribution in [0.4, 0.5) is 5.82 Å². The van der Waals surface area contributed by atoms with Crippen LogP contribution in [0.2, 0.25) is 5.02 Å². The van der Waals surface area contributed by atoms with Crippen molar-refractivity contribution >= 4 is 17.4 Å². The molecule has 0 aliphatic rings. The summed E-state index contributed by atoms with van der Waals surface area (Å²) in [5.74, 6) is 0.287. The van der Waals surface area contributed by atoms with Crippen molar-refractivity contribution in [1.82, 2.24) is 4.98 Å². The van der Waals surface area contributed by atoms with Crippen molar-refractivity contribution in [2.45, 2.75) is 0 Å². The second-order valence-electron chi connectivity index (χ2n) is 1.52. The Hall–Kier alpha value is -1.25. The second kappa shape index (κ2) is 3.06. The number of aromatic nitrogens is 1. The van der Waals surface area contributed by atoms with Gasteiger partial charge in [-0.1, -0.05) is 11.6 Å². The number of nitrogens with zero attached hydrogens (tertiary/aromatic N) is 4. The second-order valence-corrected chi connectivity index (χ2v) is 1.96. The largest absolute Gasteiger partial charge is 0.255 e. The van der Waals surface area contributed by atoms with E-state index < -0.39 is 0 Å². The van der Waals surface area contributed by atoms with Crippen LogP contribution in [0.3, 0.4) is 0 Å². The van der Waals surface area contributed by atoms with Crippen LogP contribution in [0.15, 0.2) is 23.4 Å². The highest BCUT2D eigenvalue weighted by molar-refractivity contribution is 6.30. The topological polar surface area (TPSA) is 61.7 Å². The van der Waals surface area contributed by atoms with Gasteiger partial charge in [0.05, 0.1) is 0 Å². The minimum atomic E-state index is 0.287. The summed E-state index contributed by atoms with van der Waals surface area (Å²) in [6.45, 7) is 0. The normalized spacial score (nSPS) is 8.50. The Balaban J connectivity index is 3.06. The molecule has 0 atom stereocenters. The maximum absolute atomic E-state index is 7.99. The first kappa shape index (κ1) is 6.86. The van der Waals surface area contributed by atoms with E-state index in [0.29, 0.717) is 5.02 Å². The molecule has 0 spiro atoms. The summed E-state index contributed by atoms with van der Waals surface area (Å²) in [4.78, 5) is 6.28. The molecule has 10 heavy (non-hydrogen) atoms. The number of hydrogen-bond donors (Lipinski definition) is 0. The molecule has 0 saturated heterocycles. The van der Waals surface area contributed by atoms with Crippen molar-refractivity contribution < 1.29 is 0 Å². The summed E-state index contributed by atoms with van der Waals surface area (Å²) in [7, 11) is 0. The van der Waals surface area contributed by atoms with E-state index in [9.17, 15) is 0 Å². The highest BCUT2D eigenvalue weighted by Gasteiger charge is 1.88. The van der Waals surface area contributed by atoms with Crippen LogP contribution in [0.25, 0.3) is 10.4 Å². The van der Waals surface area contributed by atoms with Crippen molar-refractivity contribution in [3.05, 3.63) is 33.8 Å². The van der Waals surface area contributed by atoms with E-state index >= 15 is 0 Å². The van der Waals surface area contributed by atoms with Gasteiger partial charge in [0.2, 0.25) is 0 Å². The fourth-order valence-corrected chi connectivity index (χ4v) is 0.648. The van der Waals surface area contributed by atoms with E-state index in [1.807, 2.05) is 0 Å². The molecule has 1 rings (SSSR count). The van der Waals surface area contributed by atoms with E-state index in [-0.39, 0.29) is 5.82 Å². The van der Waals surface area contributed by atoms with Crippen molar-refractivity contribution in [2.24, 2.45) is 5.11 Å². The van der Waals surface area contributed by atoms with Gasteiger partial charge in [0, 0.05) is 16.1 Å². The van der Waals surface area contributed by atoms with Crippen LogP contribution in [-0.2, 0) is 0 Å². The highest BCUT2D eigenvalue weighted by Crippen LogP contribution is 2.13. The van der Waals surface area contributed by atoms with Crippen LogP contribution in [0.5, 0.6) is 0 Å². The number of rotatable bonds is 1. The average Bonchev–Trinajstić information content (AvgIpc) is 1.88. The Morgan fingerprint density at radius 2 is 2.50 bits per heavy atom. The molecule has 0 aliphatic carbocycles. The van der Waals surface area contributed by atoms with Gasteiger partial charge in [0.15, 0.2) is 0 Å². The van der Waals surface area contributed by atoms with E-state index in [1.54, 1.807) is 6.07 Å². The zero-order valence-corrected chi connectivity index (χ0v) is 5.65. The van der Waals surface area contributed by atoms with Gasteiger partial charge in [-0.3, -0.25) is 4.98 Å². The molecule has 0 radical (unpaired) electrons. The number of hydrogen-bond acceptors (Lipinski definition) is 2. The predicted octanol–water partition coefficient (Wildman–Crippen LogP) is 2.68. The van der Waals surface area contributed by atoms with Crippen LogP contribution in [0.1, 0.15) is 0 Å². The Bertz CT molecular complexity index is 279. The summed E-state index contributed by atoms with van der Waals surface area (Å²) in [5, 5.41) is 3.76. The lowest BCUT2D eigenvalue weighted by molar-refractivity contribution is 1.26. The summed E-state index contributed by atoms with van der Waals surface area (Å²) in [6.07, 6.45) is 1.48. The summed E-state index contributed by atoms with van der Waals surface area (Å²) in [6, 6.07) is 3.10. The molecule has 5 heteroatoms. The number of halogens is 1. The molecular weight excluding hydrogens is 152 g/mol. The molecule has 1 aromatic rings. The maximum Gasteiger partial charge on any atom is 0.128 e. The quantitative estimate of drug-likeness (QED) is 0.349. The minimum absolute atomic E-state index is 0.287. The Morgan fingerprint density at radius 3 is 3.10 bits per heavy atom. The first-order valence-electron chi connectivity index (χ1n) is 2.49. The molecule has 4 nitrogen and oxygen atoms in total. The molecule has 0 aliphatic heterocycles. The van der Waals surface area contributed by atoms with Crippen LogP contribution in [-0.4, -0.2) is 4.98 Å². The predicted molar refractivity (Wildman–Crippen MR) is 38.1 cm³/mol. The summed E-state index contributed by atoms with van der Waals surface area (Å²) in [5.41, 5.74) is 7.99. The standard InChI is InChI=1S/C5H3ClN4/c6-4-1-2-8-5(3-4)9-10-7/h1-3H. The highest BCUT2D eigenvalue weighted by atomic mass is 35.5. The molecule has 0 fully saturated rings. The molecule has 0 aromatic carbocycles. The molecule has 0 saturated carbocycles. The molecule has 0 bridgehead atoms. The fraction of sp³-hybridized carbons (Fsp3) is 0. The van der Waals surface area contributed by atoms with E-state index in [0.717, 1.165) is 0 Å². The van der Waals surface area contributed by atoms with Crippen LogP contribution >= 0.6 is 11.6 Å². The van der Waals surface area contributed by atoms with Gasteiger partial charge in [-0.25, -0.2) is 0 Å². The lowest BCUT2D eigenvalue weighted by atomic mass is 10.5. The van der Waals surface area contributed by atoms with Gasteiger partial charge in [-0.15, -0.1) is 0 Å². The number of azide groups is 1. The van der Waals surface area contributed by atoms with Gasteiger partial charge in [-0.05, 0) is 22.8 Å². The third-order valence-electron chi connectivity index (χ3n) is 0.855. The molecule has 1 heterocycles. The Labute approximate surface area is 62.1 Å². The lowest BCUT2D eigenvalue weighted by Gasteiger charge is -1.88. The van der Waals surface area contributed by atoms with Gasteiger partial charge in [-0.2, -0.15) is 0 Å². The molecule has 50 valence electrons. The minimum Gasteiger partial charge on any atom is -0.255 e. The van der Waals surface area contributed by atoms with Crippen molar-refractivity contribution in [1.29, 1.82) is 0 Å². The summed E-state index contributed by atoms with van der Waals surface area (Å²) >= 11 is 5.56. The summed E-state index contributed by atoms with van der Waals surface area (Å²) < 4.78 is 0. The van der Waals surface area contributed by atoms with Crippen LogP contribution in [0, 0.1) is 0 Å². The zero-order valence-electron chi connectivity index (χ0n) is 4.90. The third-order valence-corrected chi connectivity index (χ3v) is 1.09.